The maximum absolute atomic E-state index is 11.2. The first kappa shape index (κ1) is 19.5. The zero-order valence-corrected chi connectivity index (χ0v) is 16.3. The first-order chi connectivity index (χ1) is 13.7. The maximum atomic E-state index is 11.2. The summed E-state index contributed by atoms with van der Waals surface area (Å²) in [6.07, 6.45) is 0.741. The summed E-state index contributed by atoms with van der Waals surface area (Å²) in [5, 5.41) is 2.86. The van der Waals surface area contributed by atoms with E-state index in [4.69, 9.17) is 9.47 Å². The van der Waals surface area contributed by atoms with E-state index in [1.807, 2.05) is 54.6 Å². The minimum absolute atomic E-state index is 0.0225. The predicted molar refractivity (Wildman–Crippen MR) is 112 cm³/mol. The molecule has 0 atom stereocenters. The fraction of sp³-hybridized carbons (Fsp3) is 0.208. The van der Waals surface area contributed by atoms with Gasteiger partial charge in [0.1, 0.15) is 18.1 Å². The van der Waals surface area contributed by atoms with Gasteiger partial charge in [-0.3, -0.25) is 4.79 Å². The average molecular weight is 375 g/mol. The minimum Gasteiger partial charge on any atom is -0.497 e. The number of ether oxygens (including phenoxy) is 2. The van der Waals surface area contributed by atoms with Crippen molar-refractivity contribution in [2.75, 3.05) is 13.7 Å². The Bertz CT molecular complexity index is 922. The molecule has 0 aromatic heterocycles. The van der Waals surface area contributed by atoms with Gasteiger partial charge in [0, 0.05) is 13.5 Å². The molecule has 0 unspecified atom stereocenters. The van der Waals surface area contributed by atoms with Crippen LogP contribution in [0.4, 0.5) is 0 Å². The summed E-state index contributed by atoms with van der Waals surface area (Å²) in [7, 11) is 1.66. The second-order valence-electron chi connectivity index (χ2n) is 6.56. The number of carbonyl (C=O) groups excluding carboxylic acids is 1. The summed E-state index contributed by atoms with van der Waals surface area (Å²) in [6, 6.07) is 24.2. The second kappa shape index (κ2) is 9.60. The summed E-state index contributed by atoms with van der Waals surface area (Å²) < 4.78 is 11.4. The van der Waals surface area contributed by atoms with Crippen molar-refractivity contribution < 1.29 is 14.3 Å². The van der Waals surface area contributed by atoms with Crippen molar-refractivity contribution in [1.29, 1.82) is 0 Å². The smallest absolute Gasteiger partial charge is 0.216 e. The number of hydrogen-bond donors (Lipinski definition) is 1. The van der Waals surface area contributed by atoms with Gasteiger partial charge in [0.15, 0.2) is 0 Å². The Morgan fingerprint density at radius 1 is 0.929 bits per heavy atom. The molecule has 4 heteroatoms. The Morgan fingerprint density at radius 3 is 2.50 bits per heavy atom. The zero-order valence-electron chi connectivity index (χ0n) is 16.3. The van der Waals surface area contributed by atoms with Gasteiger partial charge in [-0.2, -0.15) is 0 Å². The van der Waals surface area contributed by atoms with Gasteiger partial charge >= 0.3 is 0 Å². The molecule has 3 rings (SSSR count). The van der Waals surface area contributed by atoms with Crippen LogP contribution >= 0.6 is 0 Å². The summed E-state index contributed by atoms with van der Waals surface area (Å²) in [5.41, 5.74) is 4.41. The Labute approximate surface area is 166 Å². The topological polar surface area (TPSA) is 47.6 Å². The van der Waals surface area contributed by atoms with E-state index < -0.39 is 0 Å². The molecule has 0 radical (unpaired) electrons. The van der Waals surface area contributed by atoms with Gasteiger partial charge < -0.3 is 14.8 Å². The molecular weight excluding hydrogens is 350 g/mol. The molecule has 0 saturated carbocycles. The Kier molecular flexibility index (Phi) is 6.68. The fourth-order valence-electron chi connectivity index (χ4n) is 3.04. The Balaban J connectivity index is 1.85. The van der Waals surface area contributed by atoms with Crippen molar-refractivity contribution in [3.05, 3.63) is 83.9 Å². The van der Waals surface area contributed by atoms with Gasteiger partial charge in [0.05, 0.1) is 7.11 Å². The summed E-state index contributed by atoms with van der Waals surface area (Å²) in [6.45, 7) is 2.64. The fourth-order valence-corrected chi connectivity index (χ4v) is 3.04. The second-order valence-corrected chi connectivity index (χ2v) is 6.56. The lowest BCUT2D eigenvalue weighted by Crippen LogP contribution is -2.22. The van der Waals surface area contributed by atoms with Crippen molar-refractivity contribution in [2.45, 2.75) is 20.0 Å². The Morgan fingerprint density at radius 2 is 1.75 bits per heavy atom. The highest BCUT2D eigenvalue weighted by Crippen LogP contribution is 2.31. The van der Waals surface area contributed by atoms with Crippen LogP contribution in [0.1, 0.15) is 18.1 Å². The van der Waals surface area contributed by atoms with Crippen LogP contribution in [0.5, 0.6) is 11.5 Å². The van der Waals surface area contributed by atoms with Crippen LogP contribution in [-0.2, 0) is 17.8 Å². The molecule has 28 heavy (non-hydrogen) atoms. The first-order valence-corrected chi connectivity index (χ1v) is 9.34. The molecule has 0 heterocycles. The maximum Gasteiger partial charge on any atom is 0.216 e. The third-order valence-corrected chi connectivity index (χ3v) is 4.48. The first-order valence-electron chi connectivity index (χ1n) is 9.34. The number of hydrogen-bond acceptors (Lipinski definition) is 3. The van der Waals surface area contributed by atoms with E-state index in [0.717, 1.165) is 40.2 Å². The normalized spacial score (nSPS) is 10.4. The van der Waals surface area contributed by atoms with Gasteiger partial charge in [-0.15, -0.1) is 0 Å². The van der Waals surface area contributed by atoms with E-state index in [1.165, 1.54) is 6.92 Å². The number of carbonyl (C=O) groups is 1. The SMILES string of the molecule is COc1cccc(-c2cc(OCc3ccccc3)ccc2CCNC(C)=O)c1. The van der Waals surface area contributed by atoms with Crippen LogP contribution in [0.25, 0.3) is 11.1 Å². The van der Waals surface area contributed by atoms with Crippen LogP contribution in [0.2, 0.25) is 0 Å². The number of amides is 1. The molecule has 0 bridgehead atoms. The van der Waals surface area contributed by atoms with Crippen molar-refractivity contribution in [3.63, 3.8) is 0 Å². The van der Waals surface area contributed by atoms with E-state index in [0.29, 0.717) is 13.2 Å². The average Bonchev–Trinajstić information content (AvgIpc) is 2.73. The number of nitrogens with one attached hydrogen (secondary N) is 1. The van der Waals surface area contributed by atoms with E-state index in [9.17, 15) is 4.79 Å². The molecule has 0 aliphatic carbocycles. The number of benzene rings is 3. The standard InChI is InChI=1S/C24H25NO3/c1-18(26)25-14-13-20-11-12-23(28-17-19-7-4-3-5-8-19)16-24(20)21-9-6-10-22(15-21)27-2/h3-12,15-16H,13-14,17H2,1-2H3,(H,25,26). The van der Waals surface area contributed by atoms with Crippen LogP contribution in [0.3, 0.4) is 0 Å². The lowest BCUT2D eigenvalue weighted by atomic mass is 9.97. The van der Waals surface area contributed by atoms with Crippen LogP contribution in [0.15, 0.2) is 72.8 Å². The van der Waals surface area contributed by atoms with Crippen LogP contribution < -0.4 is 14.8 Å². The van der Waals surface area contributed by atoms with Crippen molar-refractivity contribution in [3.8, 4) is 22.6 Å². The van der Waals surface area contributed by atoms with Gasteiger partial charge in [-0.25, -0.2) is 0 Å². The lowest BCUT2D eigenvalue weighted by molar-refractivity contribution is -0.118. The van der Waals surface area contributed by atoms with Crippen LogP contribution in [0, 0.1) is 0 Å². The van der Waals surface area contributed by atoms with Gasteiger partial charge in [-0.1, -0.05) is 48.5 Å². The van der Waals surface area contributed by atoms with E-state index >= 15 is 0 Å². The highest BCUT2D eigenvalue weighted by Gasteiger charge is 2.09. The number of rotatable bonds is 8. The van der Waals surface area contributed by atoms with Crippen molar-refractivity contribution in [1.82, 2.24) is 5.32 Å². The molecule has 0 aliphatic heterocycles. The van der Waals surface area contributed by atoms with Crippen molar-refractivity contribution in [2.24, 2.45) is 0 Å². The number of methoxy groups -OCH3 is 1. The Hall–Kier alpha value is -3.27. The molecule has 0 aliphatic rings. The van der Waals surface area contributed by atoms with E-state index in [-0.39, 0.29) is 5.91 Å². The van der Waals surface area contributed by atoms with Crippen LogP contribution in [-0.4, -0.2) is 19.6 Å². The monoisotopic (exact) mass is 375 g/mol. The molecule has 0 spiro atoms. The van der Waals surface area contributed by atoms with Crippen molar-refractivity contribution >= 4 is 5.91 Å². The van der Waals surface area contributed by atoms with Gasteiger partial charge in [-0.05, 0) is 52.9 Å². The third kappa shape index (κ3) is 5.36. The van der Waals surface area contributed by atoms with E-state index in [1.54, 1.807) is 7.11 Å². The molecule has 3 aromatic carbocycles. The molecule has 0 saturated heterocycles. The van der Waals surface area contributed by atoms with E-state index in [2.05, 4.69) is 23.5 Å². The van der Waals surface area contributed by atoms with Gasteiger partial charge in [0.25, 0.3) is 0 Å². The molecule has 3 aromatic rings. The minimum atomic E-state index is -0.0225. The molecule has 144 valence electrons. The molecule has 0 fully saturated rings. The summed E-state index contributed by atoms with van der Waals surface area (Å²) in [5.74, 6) is 1.59. The summed E-state index contributed by atoms with van der Waals surface area (Å²) in [4.78, 5) is 11.2. The largest absolute Gasteiger partial charge is 0.497 e. The molecule has 4 nitrogen and oxygen atoms in total. The zero-order chi connectivity index (χ0) is 19.8. The quantitative estimate of drug-likeness (QED) is 0.625. The third-order valence-electron chi connectivity index (χ3n) is 4.48. The molecular formula is C24H25NO3. The molecule has 1 amide bonds. The molecule has 1 N–H and O–H groups in total. The lowest BCUT2D eigenvalue weighted by Gasteiger charge is -2.14. The van der Waals surface area contributed by atoms with Gasteiger partial charge in [0.2, 0.25) is 5.91 Å². The summed E-state index contributed by atoms with van der Waals surface area (Å²) >= 11 is 0. The highest BCUT2D eigenvalue weighted by atomic mass is 16.5. The highest BCUT2D eigenvalue weighted by molar-refractivity contribution is 5.73. The predicted octanol–water partition coefficient (Wildman–Crippen LogP) is 4.62.